The predicted molar refractivity (Wildman–Crippen MR) is 208 cm³/mol. The zero-order valence-electron chi connectivity index (χ0n) is 32.4. The average molecular weight is 756 g/mol. The molecule has 0 bridgehead atoms. The second-order valence-electron chi connectivity index (χ2n) is 15.0. The Balaban J connectivity index is 1.35. The minimum absolute atomic E-state index is 0.0500. The molecule has 55 heavy (non-hydrogen) atoms. The number of benzene rings is 3. The number of hydrogen-bond acceptors (Lipinski definition) is 7. The Kier molecular flexibility index (Phi) is 14.6. The minimum Gasteiger partial charge on any atom is -0.480 e. The van der Waals surface area contributed by atoms with Gasteiger partial charge < -0.3 is 36.4 Å². The standard InChI is InChI=1S/C42H53N5O8/c1-23(2)34(38(49)43-26(7)37(48)44-33(41(52)53)21-27-15-9-8-10-16-27)45-39(50)35(24(3)4)46-40(51)36(25(5)6)47-42(54)55-22-32-30-19-13-11-17-28(30)29-18-12-14-20-31(29)32/h8-20,23-26,32-36H,21-22H2,1-7H3,(H,43,49)(H,44,48)(H,45,50)(H,46,51)(H,47,54)(H,52,53)/t26-,33-,34-,35-,36-/m0/s1. The number of rotatable bonds is 17. The quantitative estimate of drug-likeness (QED) is 0.118. The summed E-state index contributed by atoms with van der Waals surface area (Å²) in [7, 11) is 0. The SMILES string of the molecule is CC(C)[C@H](NC(=O)OCC1c2ccccc2-c2ccccc21)C(=O)N[C@H](C(=O)N[C@H](C(=O)N[C@@H](C)C(=O)N[C@@H](Cc1ccccc1)C(=O)O)C(C)C)C(C)C. The zero-order valence-corrected chi connectivity index (χ0v) is 32.4. The summed E-state index contributed by atoms with van der Waals surface area (Å²) >= 11 is 0. The van der Waals surface area contributed by atoms with Gasteiger partial charge in [-0.2, -0.15) is 0 Å². The van der Waals surface area contributed by atoms with Gasteiger partial charge in [0.15, 0.2) is 0 Å². The molecular formula is C42H53N5O8. The van der Waals surface area contributed by atoms with Crippen LogP contribution in [0.3, 0.4) is 0 Å². The number of ether oxygens (including phenoxy) is 1. The first-order valence-electron chi connectivity index (χ1n) is 18.7. The molecule has 0 aliphatic heterocycles. The molecule has 0 spiro atoms. The van der Waals surface area contributed by atoms with Crippen molar-refractivity contribution in [1.29, 1.82) is 0 Å². The van der Waals surface area contributed by atoms with Gasteiger partial charge in [0.05, 0.1) is 0 Å². The van der Waals surface area contributed by atoms with Gasteiger partial charge in [0.1, 0.15) is 36.8 Å². The molecule has 294 valence electrons. The van der Waals surface area contributed by atoms with Crippen molar-refractivity contribution in [3.05, 3.63) is 95.6 Å². The molecule has 1 aliphatic carbocycles. The molecule has 5 atom stereocenters. The molecule has 3 aromatic rings. The fraction of sp³-hybridized carbons (Fsp3) is 0.429. The van der Waals surface area contributed by atoms with Gasteiger partial charge in [-0.3, -0.25) is 19.2 Å². The number of hydrogen-bond donors (Lipinski definition) is 6. The van der Waals surface area contributed by atoms with E-state index in [1.807, 2.05) is 48.5 Å². The number of amides is 5. The summed E-state index contributed by atoms with van der Waals surface area (Å²) in [6.07, 6.45) is -0.722. The van der Waals surface area contributed by atoms with Gasteiger partial charge in [0, 0.05) is 12.3 Å². The van der Waals surface area contributed by atoms with Crippen LogP contribution >= 0.6 is 0 Å². The maximum absolute atomic E-state index is 13.7. The molecule has 13 nitrogen and oxygen atoms in total. The third-order valence-electron chi connectivity index (χ3n) is 9.71. The first-order chi connectivity index (χ1) is 26.1. The Morgan fingerprint density at radius 1 is 0.564 bits per heavy atom. The van der Waals surface area contributed by atoms with Gasteiger partial charge in [0.25, 0.3) is 0 Å². The van der Waals surface area contributed by atoms with E-state index >= 15 is 0 Å². The molecule has 4 rings (SSSR count). The van der Waals surface area contributed by atoms with Gasteiger partial charge in [-0.25, -0.2) is 9.59 Å². The molecule has 6 N–H and O–H groups in total. The minimum atomic E-state index is -1.22. The van der Waals surface area contributed by atoms with Crippen LogP contribution in [0.5, 0.6) is 0 Å². The third-order valence-corrected chi connectivity index (χ3v) is 9.71. The second-order valence-corrected chi connectivity index (χ2v) is 15.0. The van der Waals surface area contributed by atoms with E-state index in [9.17, 15) is 33.9 Å². The first kappa shape index (κ1) is 42.0. The van der Waals surface area contributed by atoms with Crippen LogP contribution in [0.4, 0.5) is 4.79 Å². The van der Waals surface area contributed by atoms with Crippen molar-refractivity contribution in [3.63, 3.8) is 0 Å². The highest BCUT2D eigenvalue weighted by atomic mass is 16.5. The molecule has 0 unspecified atom stereocenters. The molecule has 1 aliphatic rings. The third kappa shape index (κ3) is 10.9. The Hall–Kier alpha value is -5.72. The summed E-state index contributed by atoms with van der Waals surface area (Å²) in [4.78, 5) is 78.6. The summed E-state index contributed by atoms with van der Waals surface area (Å²) in [5.74, 6) is -5.19. The Bertz CT molecular complexity index is 1800. The lowest BCUT2D eigenvalue weighted by atomic mass is 9.98. The monoisotopic (exact) mass is 755 g/mol. The number of nitrogens with one attached hydrogen (secondary N) is 5. The number of carbonyl (C=O) groups excluding carboxylic acids is 5. The predicted octanol–water partition coefficient (Wildman–Crippen LogP) is 4.15. The van der Waals surface area contributed by atoms with E-state index in [1.165, 1.54) is 6.92 Å². The van der Waals surface area contributed by atoms with Crippen LogP contribution in [0.2, 0.25) is 0 Å². The smallest absolute Gasteiger partial charge is 0.407 e. The van der Waals surface area contributed by atoms with E-state index in [-0.39, 0.29) is 24.9 Å². The van der Waals surface area contributed by atoms with E-state index in [1.54, 1.807) is 71.9 Å². The molecule has 3 aromatic carbocycles. The molecule has 0 radical (unpaired) electrons. The largest absolute Gasteiger partial charge is 0.480 e. The fourth-order valence-corrected chi connectivity index (χ4v) is 6.57. The zero-order chi connectivity index (χ0) is 40.4. The van der Waals surface area contributed by atoms with E-state index in [0.717, 1.165) is 22.3 Å². The molecule has 0 saturated heterocycles. The molecule has 0 aromatic heterocycles. The van der Waals surface area contributed by atoms with Crippen molar-refractivity contribution in [1.82, 2.24) is 26.6 Å². The first-order valence-corrected chi connectivity index (χ1v) is 18.7. The van der Waals surface area contributed by atoms with E-state index < -0.39 is 77.7 Å². The molecule has 13 heteroatoms. The van der Waals surface area contributed by atoms with Crippen LogP contribution in [0.1, 0.15) is 71.1 Å². The van der Waals surface area contributed by atoms with Gasteiger partial charge in [0.2, 0.25) is 23.6 Å². The van der Waals surface area contributed by atoms with Crippen molar-refractivity contribution in [2.75, 3.05) is 6.61 Å². The molecule has 0 fully saturated rings. The van der Waals surface area contributed by atoms with Crippen molar-refractivity contribution >= 4 is 35.7 Å². The Morgan fingerprint density at radius 2 is 1.00 bits per heavy atom. The van der Waals surface area contributed by atoms with E-state index in [2.05, 4.69) is 26.6 Å². The van der Waals surface area contributed by atoms with Crippen LogP contribution in [0.25, 0.3) is 11.1 Å². The van der Waals surface area contributed by atoms with Gasteiger partial charge in [-0.05, 0) is 52.5 Å². The Labute approximate surface area is 322 Å². The summed E-state index contributed by atoms with van der Waals surface area (Å²) in [6.45, 7) is 11.9. The number of fused-ring (bicyclic) bond motifs is 3. The number of alkyl carbamates (subject to hydrolysis) is 1. The molecule has 0 saturated carbocycles. The highest BCUT2D eigenvalue weighted by Gasteiger charge is 2.35. The van der Waals surface area contributed by atoms with Crippen LogP contribution in [-0.2, 0) is 35.1 Å². The number of carboxylic acids is 1. The number of carbonyl (C=O) groups is 6. The maximum atomic E-state index is 13.7. The molecular weight excluding hydrogens is 702 g/mol. The normalized spacial score (nSPS) is 14.8. The van der Waals surface area contributed by atoms with Crippen molar-refractivity contribution in [2.45, 2.75) is 91.0 Å². The summed E-state index contributed by atoms with van der Waals surface area (Å²) in [5, 5.41) is 22.9. The lowest BCUT2D eigenvalue weighted by Gasteiger charge is -2.29. The van der Waals surface area contributed by atoms with Crippen LogP contribution < -0.4 is 26.6 Å². The highest BCUT2D eigenvalue weighted by molar-refractivity contribution is 5.96. The maximum Gasteiger partial charge on any atom is 0.407 e. The summed E-state index contributed by atoms with van der Waals surface area (Å²) in [5.41, 5.74) is 5.00. The highest BCUT2D eigenvalue weighted by Crippen LogP contribution is 2.44. The van der Waals surface area contributed by atoms with Crippen molar-refractivity contribution < 1.29 is 38.6 Å². The average Bonchev–Trinajstić information content (AvgIpc) is 3.46. The lowest BCUT2D eigenvalue weighted by Crippen LogP contribution is -2.61. The second kappa shape index (κ2) is 19.0. The van der Waals surface area contributed by atoms with E-state index in [4.69, 9.17) is 4.74 Å². The fourth-order valence-electron chi connectivity index (χ4n) is 6.57. The van der Waals surface area contributed by atoms with Gasteiger partial charge >= 0.3 is 12.1 Å². The molecule has 0 heterocycles. The van der Waals surface area contributed by atoms with Crippen LogP contribution in [0, 0.1) is 17.8 Å². The number of aliphatic carboxylic acids is 1. The lowest BCUT2D eigenvalue weighted by molar-refractivity contribution is -0.142. The topological polar surface area (TPSA) is 192 Å². The number of carboxylic acid groups (broad SMARTS) is 1. The van der Waals surface area contributed by atoms with Crippen LogP contribution in [-0.4, -0.2) is 77.6 Å². The molecule has 5 amide bonds. The van der Waals surface area contributed by atoms with Crippen LogP contribution in [0.15, 0.2) is 78.9 Å². The summed E-state index contributed by atoms with van der Waals surface area (Å²) < 4.78 is 5.67. The van der Waals surface area contributed by atoms with Gasteiger partial charge in [-0.15, -0.1) is 0 Å². The van der Waals surface area contributed by atoms with Crippen molar-refractivity contribution in [2.24, 2.45) is 17.8 Å². The van der Waals surface area contributed by atoms with Crippen molar-refractivity contribution in [3.8, 4) is 11.1 Å². The van der Waals surface area contributed by atoms with Gasteiger partial charge in [-0.1, -0.05) is 120 Å². The van der Waals surface area contributed by atoms with E-state index in [0.29, 0.717) is 5.56 Å². The Morgan fingerprint density at radius 3 is 1.47 bits per heavy atom. The summed E-state index contributed by atoms with van der Waals surface area (Å²) in [6, 6.07) is 19.2.